The number of carbonyl (C=O) groups excluding carboxylic acids is 3. The molecule has 0 aliphatic carbocycles. The van der Waals surface area contributed by atoms with E-state index in [2.05, 4.69) is 10.6 Å². The van der Waals surface area contributed by atoms with Gasteiger partial charge in [0.05, 0.1) is 12.5 Å². The highest BCUT2D eigenvalue weighted by molar-refractivity contribution is 5.93. The Balaban J connectivity index is 5.16. The summed E-state index contributed by atoms with van der Waals surface area (Å²) in [6.07, 6.45) is -1.18. The lowest BCUT2D eigenvalue weighted by molar-refractivity contribution is -0.144. The number of hydrogen-bond acceptors (Lipinski definition) is 6. The topological polar surface area (TPSA) is 185 Å². The first kappa shape index (κ1) is 21.8. The normalized spacial score (nSPS) is 17.0. The lowest BCUT2D eigenvalue weighted by Gasteiger charge is -2.27. The van der Waals surface area contributed by atoms with Crippen molar-refractivity contribution in [1.29, 1.82) is 0 Å². The molecule has 10 nitrogen and oxygen atoms in total. The van der Waals surface area contributed by atoms with Crippen molar-refractivity contribution in [1.82, 2.24) is 10.6 Å². The molecule has 0 aliphatic rings. The van der Waals surface area contributed by atoms with Crippen LogP contribution in [0.2, 0.25) is 0 Å². The summed E-state index contributed by atoms with van der Waals surface area (Å²) in [6.45, 7) is 4.79. The van der Waals surface area contributed by atoms with Gasteiger partial charge in [0.1, 0.15) is 18.1 Å². The summed E-state index contributed by atoms with van der Waals surface area (Å²) in [5, 5.41) is 22.9. The van der Waals surface area contributed by atoms with Crippen LogP contribution >= 0.6 is 0 Å². The van der Waals surface area contributed by atoms with Crippen molar-refractivity contribution in [2.75, 3.05) is 0 Å². The zero-order valence-electron chi connectivity index (χ0n) is 14.0. The molecule has 5 unspecified atom stereocenters. The van der Waals surface area contributed by atoms with Crippen molar-refractivity contribution >= 4 is 23.7 Å². The Morgan fingerprint density at radius 3 is 2.00 bits per heavy atom. The van der Waals surface area contributed by atoms with Crippen molar-refractivity contribution in [2.24, 2.45) is 17.4 Å². The van der Waals surface area contributed by atoms with Crippen molar-refractivity contribution < 1.29 is 29.4 Å². The quantitative estimate of drug-likeness (QED) is 0.256. The molecule has 0 aliphatic heterocycles. The summed E-state index contributed by atoms with van der Waals surface area (Å²) in [6, 6.07) is -3.80. The smallest absolute Gasteiger partial charge is 0.326 e. The fourth-order valence-electron chi connectivity index (χ4n) is 1.83. The SMILES string of the molecule is CCC(C)C(NC(=O)C(N)C(C)O)C(=O)NC(CC(N)=O)C(=O)O. The summed E-state index contributed by atoms with van der Waals surface area (Å²) in [7, 11) is 0. The van der Waals surface area contributed by atoms with Gasteiger partial charge in [-0.3, -0.25) is 14.4 Å². The van der Waals surface area contributed by atoms with Crippen LogP contribution in [-0.2, 0) is 19.2 Å². The predicted octanol–water partition coefficient (Wildman–Crippen LogP) is -2.33. The minimum atomic E-state index is -1.50. The molecule has 0 spiro atoms. The van der Waals surface area contributed by atoms with Crippen LogP contribution in [0.4, 0.5) is 0 Å². The number of carboxylic acid groups (broad SMARTS) is 1. The van der Waals surface area contributed by atoms with Crippen LogP contribution in [0.3, 0.4) is 0 Å². The fraction of sp³-hybridized carbons (Fsp3) is 0.714. The Kier molecular flexibility index (Phi) is 8.93. The number of amides is 3. The summed E-state index contributed by atoms with van der Waals surface area (Å²) < 4.78 is 0. The Hall–Kier alpha value is -2.20. The molecule has 5 atom stereocenters. The average Bonchev–Trinajstić information content (AvgIpc) is 2.49. The molecule has 0 saturated heterocycles. The van der Waals surface area contributed by atoms with Gasteiger partial charge in [0.25, 0.3) is 0 Å². The van der Waals surface area contributed by atoms with Crippen molar-refractivity contribution in [3.63, 3.8) is 0 Å². The third kappa shape index (κ3) is 6.92. The second-order valence-corrected chi connectivity index (χ2v) is 5.71. The lowest BCUT2D eigenvalue weighted by Crippen LogP contribution is -2.58. The molecule has 3 amide bonds. The van der Waals surface area contributed by atoms with E-state index in [0.717, 1.165) is 0 Å². The molecule has 24 heavy (non-hydrogen) atoms. The van der Waals surface area contributed by atoms with Gasteiger partial charge < -0.3 is 32.3 Å². The zero-order chi connectivity index (χ0) is 19.0. The van der Waals surface area contributed by atoms with E-state index in [1.54, 1.807) is 13.8 Å². The highest BCUT2D eigenvalue weighted by Gasteiger charge is 2.32. The van der Waals surface area contributed by atoms with E-state index in [1.165, 1.54) is 6.92 Å². The Morgan fingerprint density at radius 2 is 1.62 bits per heavy atom. The highest BCUT2D eigenvalue weighted by Crippen LogP contribution is 2.09. The number of nitrogens with one attached hydrogen (secondary N) is 2. The third-order valence-electron chi connectivity index (χ3n) is 3.64. The van der Waals surface area contributed by atoms with E-state index in [4.69, 9.17) is 16.6 Å². The number of carboxylic acids is 1. The maximum Gasteiger partial charge on any atom is 0.326 e. The van der Waals surface area contributed by atoms with E-state index >= 15 is 0 Å². The van der Waals surface area contributed by atoms with E-state index < -0.39 is 54.3 Å². The maximum absolute atomic E-state index is 12.3. The number of primary amides is 1. The number of rotatable bonds is 10. The number of hydrogen-bond donors (Lipinski definition) is 6. The van der Waals surface area contributed by atoms with Crippen molar-refractivity contribution in [3.8, 4) is 0 Å². The van der Waals surface area contributed by atoms with Crippen LogP contribution in [0, 0.1) is 5.92 Å². The lowest BCUT2D eigenvalue weighted by atomic mass is 9.97. The van der Waals surface area contributed by atoms with Gasteiger partial charge in [-0.2, -0.15) is 0 Å². The molecule has 0 aromatic carbocycles. The largest absolute Gasteiger partial charge is 0.480 e. The summed E-state index contributed by atoms with van der Waals surface area (Å²) >= 11 is 0. The molecule has 10 heteroatoms. The number of nitrogens with two attached hydrogens (primary N) is 2. The van der Waals surface area contributed by atoms with Gasteiger partial charge >= 0.3 is 5.97 Å². The number of aliphatic hydroxyl groups excluding tert-OH is 1. The van der Waals surface area contributed by atoms with Gasteiger partial charge in [0, 0.05) is 0 Å². The van der Waals surface area contributed by atoms with Crippen LogP contribution in [0.1, 0.15) is 33.6 Å². The van der Waals surface area contributed by atoms with E-state index in [9.17, 15) is 24.3 Å². The minimum Gasteiger partial charge on any atom is -0.480 e. The van der Waals surface area contributed by atoms with Crippen LogP contribution in [0.15, 0.2) is 0 Å². The van der Waals surface area contributed by atoms with E-state index in [0.29, 0.717) is 6.42 Å². The summed E-state index contributed by atoms with van der Waals surface area (Å²) in [5.41, 5.74) is 10.5. The van der Waals surface area contributed by atoms with Crippen molar-refractivity contribution in [2.45, 2.75) is 57.8 Å². The summed E-state index contributed by atoms with van der Waals surface area (Å²) in [4.78, 5) is 46.3. The minimum absolute atomic E-state index is 0.335. The van der Waals surface area contributed by atoms with Gasteiger partial charge in [0.15, 0.2) is 0 Å². The van der Waals surface area contributed by atoms with Gasteiger partial charge in [-0.1, -0.05) is 20.3 Å². The standard InChI is InChI=1S/C14H26N4O6/c1-4-6(2)11(18-12(21)10(16)7(3)19)13(22)17-8(14(23)24)5-9(15)20/h6-8,10-11,19H,4-5,16H2,1-3H3,(H2,15,20)(H,17,22)(H,18,21)(H,23,24). The Labute approximate surface area is 139 Å². The molecular formula is C14H26N4O6. The first-order valence-corrected chi connectivity index (χ1v) is 7.56. The molecule has 0 aromatic rings. The fourth-order valence-corrected chi connectivity index (χ4v) is 1.83. The van der Waals surface area contributed by atoms with Crippen LogP contribution in [0.5, 0.6) is 0 Å². The third-order valence-corrected chi connectivity index (χ3v) is 3.64. The molecule has 0 rings (SSSR count). The first-order valence-electron chi connectivity index (χ1n) is 7.56. The number of aliphatic hydroxyl groups is 1. The second kappa shape index (κ2) is 9.83. The van der Waals surface area contributed by atoms with Crippen LogP contribution in [0.25, 0.3) is 0 Å². The molecule has 0 fully saturated rings. The van der Waals surface area contributed by atoms with Gasteiger partial charge in [-0.05, 0) is 12.8 Å². The number of carbonyl (C=O) groups is 4. The highest BCUT2D eigenvalue weighted by atomic mass is 16.4. The Morgan fingerprint density at radius 1 is 1.08 bits per heavy atom. The molecule has 0 saturated carbocycles. The summed E-state index contributed by atoms with van der Waals surface area (Å²) in [5.74, 6) is -4.16. The van der Waals surface area contributed by atoms with Gasteiger partial charge in [0.2, 0.25) is 17.7 Å². The molecule has 138 valence electrons. The van der Waals surface area contributed by atoms with Gasteiger partial charge in [-0.25, -0.2) is 4.79 Å². The van der Waals surface area contributed by atoms with E-state index in [1.807, 2.05) is 0 Å². The second-order valence-electron chi connectivity index (χ2n) is 5.71. The van der Waals surface area contributed by atoms with Crippen LogP contribution in [-0.4, -0.2) is 58.1 Å². The Bertz CT molecular complexity index is 482. The molecule has 0 radical (unpaired) electrons. The van der Waals surface area contributed by atoms with Gasteiger partial charge in [-0.15, -0.1) is 0 Å². The van der Waals surface area contributed by atoms with E-state index in [-0.39, 0.29) is 5.92 Å². The number of aliphatic carboxylic acids is 1. The molecule has 0 heterocycles. The van der Waals surface area contributed by atoms with Crippen LogP contribution < -0.4 is 22.1 Å². The first-order chi connectivity index (χ1) is 11.0. The molecule has 0 aromatic heterocycles. The maximum atomic E-state index is 12.3. The zero-order valence-corrected chi connectivity index (χ0v) is 14.0. The molecule has 8 N–H and O–H groups in total. The predicted molar refractivity (Wildman–Crippen MR) is 84.4 cm³/mol. The monoisotopic (exact) mass is 346 g/mol. The molecular weight excluding hydrogens is 320 g/mol. The average molecular weight is 346 g/mol. The molecule has 0 bridgehead atoms. The van der Waals surface area contributed by atoms with Crippen molar-refractivity contribution in [3.05, 3.63) is 0 Å².